The molecule has 0 aromatic heterocycles. The van der Waals surface area contributed by atoms with Gasteiger partial charge in [-0.05, 0) is 51.4 Å². The third-order valence-corrected chi connectivity index (χ3v) is 17.8. The molecule has 0 aromatic carbocycles. The zero-order valence-electron chi connectivity index (χ0n) is 55.3. The van der Waals surface area contributed by atoms with E-state index in [1.54, 1.807) is 0 Å². The summed E-state index contributed by atoms with van der Waals surface area (Å²) in [5.41, 5.74) is 0. The molecule has 0 fully saturated rings. The van der Waals surface area contributed by atoms with Crippen molar-refractivity contribution in [3.05, 3.63) is 12.2 Å². The van der Waals surface area contributed by atoms with Crippen LogP contribution in [-0.4, -0.2) is 47.4 Å². The van der Waals surface area contributed by atoms with Crippen LogP contribution < -0.4 is 5.32 Å². The SMILES string of the molecule is CCCCCCC/C=C\CCCCCCCC(=O)OCCCCCCCCCCCCCCCCCCCCCCCCCCCCCCCCCCC(=O)NC(CO)C(O)CCCCCCCCCCCCCCCCCCCC. The average molecular weight is 1140 g/mol. The van der Waals surface area contributed by atoms with E-state index in [1.165, 1.54) is 353 Å². The van der Waals surface area contributed by atoms with Crippen LogP contribution in [0.1, 0.15) is 431 Å². The summed E-state index contributed by atoms with van der Waals surface area (Å²) in [5, 5.41) is 23.4. The number of aliphatic hydroxyl groups excluding tert-OH is 2. The van der Waals surface area contributed by atoms with Crippen LogP contribution in [-0.2, 0) is 14.3 Å². The van der Waals surface area contributed by atoms with E-state index in [9.17, 15) is 19.8 Å². The van der Waals surface area contributed by atoms with E-state index in [0.29, 0.717) is 25.9 Å². The first-order valence-corrected chi connectivity index (χ1v) is 37.4. The van der Waals surface area contributed by atoms with Crippen molar-refractivity contribution < 1.29 is 24.5 Å². The Labute approximate surface area is 508 Å². The van der Waals surface area contributed by atoms with Gasteiger partial charge < -0.3 is 20.3 Å². The standard InChI is InChI=1S/C75H147NO5/c1-3-5-7-9-11-13-15-17-19-20-37-40-43-47-51-55-59-63-67-73(78)72(71-77)76-74(79)68-64-60-56-52-48-44-41-38-35-33-31-29-27-25-23-21-22-24-26-28-30-32-34-36-39-42-46-50-54-58-62-66-70-81-75(80)69-65-61-57-53-49-45-18-16-14-12-10-8-6-4-2/h16,18,72-73,77-78H,3-15,17,19-71H2,1-2H3,(H,76,79)/b18-16-. The summed E-state index contributed by atoms with van der Waals surface area (Å²) in [4.78, 5) is 24.6. The van der Waals surface area contributed by atoms with Gasteiger partial charge in [0.25, 0.3) is 0 Å². The minimum absolute atomic E-state index is 0.0136. The summed E-state index contributed by atoms with van der Waals surface area (Å²) in [6.45, 7) is 4.99. The average Bonchev–Trinajstić information content (AvgIpc) is 3.47. The number of aliphatic hydroxyl groups is 2. The maximum absolute atomic E-state index is 12.5. The molecule has 2 unspecified atom stereocenters. The quantitative estimate of drug-likeness (QED) is 0.0320. The number of ether oxygens (including phenoxy) is 1. The summed E-state index contributed by atoms with van der Waals surface area (Å²) in [5.74, 6) is -0.0122. The van der Waals surface area contributed by atoms with Gasteiger partial charge in [0.05, 0.1) is 25.4 Å². The first kappa shape index (κ1) is 79.6. The van der Waals surface area contributed by atoms with Gasteiger partial charge >= 0.3 is 5.97 Å². The molecule has 0 aliphatic heterocycles. The van der Waals surface area contributed by atoms with Crippen LogP contribution >= 0.6 is 0 Å². The first-order valence-electron chi connectivity index (χ1n) is 37.4. The van der Waals surface area contributed by atoms with Gasteiger partial charge in [0, 0.05) is 12.8 Å². The molecule has 1 amide bonds. The summed E-state index contributed by atoms with van der Waals surface area (Å²) in [6.07, 6.45) is 88.6. The number of rotatable bonds is 71. The Bertz CT molecular complexity index is 1220. The van der Waals surface area contributed by atoms with Crippen molar-refractivity contribution in [3.8, 4) is 0 Å². The van der Waals surface area contributed by atoms with E-state index < -0.39 is 12.1 Å². The zero-order chi connectivity index (χ0) is 58.5. The van der Waals surface area contributed by atoms with Gasteiger partial charge in [0.15, 0.2) is 0 Å². The van der Waals surface area contributed by atoms with E-state index in [0.717, 1.165) is 44.9 Å². The maximum atomic E-state index is 12.5. The van der Waals surface area contributed by atoms with Crippen LogP contribution in [0, 0.1) is 0 Å². The second kappa shape index (κ2) is 71.1. The minimum Gasteiger partial charge on any atom is -0.466 e. The van der Waals surface area contributed by atoms with Crippen molar-refractivity contribution in [2.45, 2.75) is 443 Å². The van der Waals surface area contributed by atoms with Crippen LogP contribution in [0.5, 0.6) is 0 Å². The predicted octanol–water partition coefficient (Wildman–Crippen LogP) is 24.3. The Balaban J connectivity index is 3.32. The van der Waals surface area contributed by atoms with E-state index in [4.69, 9.17) is 4.74 Å². The fraction of sp³-hybridized carbons (Fsp3) is 0.947. The van der Waals surface area contributed by atoms with Gasteiger partial charge in [-0.2, -0.15) is 0 Å². The fourth-order valence-electron chi connectivity index (χ4n) is 12.1. The molecule has 6 nitrogen and oxygen atoms in total. The number of amides is 1. The summed E-state index contributed by atoms with van der Waals surface area (Å²) >= 11 is 0. The largest absolute Gasteiger partial charge is 0.466 e. The van der Waals surface area contributed by atoms with Crippen molar-refractivity contribution in [1.29, 1.82) is 0 Å². The second-order valence-corrected chi connectivity index (χ2v) is 26.0. The molecule has 0 aliphatic carbocycles. The molecule has 482 valence electrons. The molecule has 0 rings (SSSR count). The first-order chi connectivity index (χ1) is 40.0. The lowest BCUT2D eigenvalue weighted by atomic mass is 10.0. The molecule has 6 heteroatoms. The van der Waals surface area contributed by atoms with Crippen LogP contribution in [0.2, 0.25) is 0 Å². The lowest BCUT2D eigenvalue weighted by Gasteiger charge is -2.22. The number of esters is 1. The summed E-state index contributed by atoms with van der Waals surface area (Å²) < 4.78 is 5.49. The number of allylic oxidation sites excluding steroid dienone is 2. The van der Waals surface area contributed by atoms with Crippen molar-refractivity contribution in [1.82, 2.24) is 5.32 Å². The number of hydrogen-bond donors (Lipinski definition) is 3. The molecule has 0 spiro atoms. The van der Waals surface area contributed by atoms with Gasteiger partial charge in [-0.15, -0.1) is 0 Å². The topological polar surface area (TPSA) is 95.9 Å². The molecule has 0 radical (unpaired) electrons. The van der Waals surface area contributed by atoms with Crippen molar-refractivity contribution >= 4 is 11.9 Å². The third-order valence-electron chi connectivity index (χ3n) is 17.8. The van der Waals surface area contributed by atoms with Crippen LogP contribution in [0.4, 0.5) is 0 Å². The molecule has 0 aliphatic rings. The number of carbonyl (C=O) groups is 2. The number of carbonyl (C=O) groups excluding carboxylic acids is 2. The summed E-state index contributed by atoms with van der Waals surface area (Å²) in [6, 6.07) is -0.538. The zero-order valence-corrected chi connectivity index (χ0v) is 55.3. The van der Waals surface area contributed by atoms with Crippen molar-refractivity contribution in [2.75, 3.05) is 13.2 Å². The molecule has 81 heavy (non-hydrogen) atoms. The van der Waals surface area contributed by atoms with E-state index >= 15 is 0 Å². The van der Waals surface area contributed by atoms with Gasteiger partial charge in [-0.1, -0.05) is 379 Å². The van der Waals surface area contributed by atoms with Crippen LogP contribution in [0.3, 0.4) is 0 Å². The van der Waals surface area contributed by atoms with E-state index in [1.807, 2.05) is 0 Å². The highest BCUT2D eigenvalue weighted by Gasteiger charge is 2.20. The highest BCUT2D eigenvalue weighted by atomic mass is 16.5. The minimum atomic E-state index is -0.661. The monoisotopic (exact) mass is 1140 g/mol. The second-order valence-electron chi connectivity index (χ2n) is 26.0. The molecule has 0 bridgehead atoms. The Hall–Kier alpha value is -1.40. The maximum Gasteiger partial charge on any atom is 0.305 e. The smallest absolute Gasteiger partial charge is 0.305 e. The normalized spacial score (nSPS) is 12.5. The lowest BCUT2D eigenvalue weighted by molar-refractivity contribution is -0.143. The number of nitrogens with one attached hydrogen (secondary N) is 1. The predicted molar refractivity (Wildman–Crippen MR) is 357 cm³/mol. The van der Waals surface area contributed by atoms with Crippen LogP contribution in [0.25, 0.3) is 0 Å². The number of unbranched alkanes of at least 4 members (excludes halogenated alkanes) is 58. The lowest BCUT2D eigenvalue weighted by Crippen LogP contribution is -2.45. The van der Waals surface area contributed by atoms with E-state index in [-0.39, 0.29) is 18.5 Å². The van der Waals surface area contributed by atoms with Crippen molar-refractivity contribution in [2.24, 2.45) is 0 Å². The highest BCUT2D eigenvalue weighted by molar-refractivity contribution is 5.76. The molecular weight excluding hydrogens is 995 g/mol. The van der Waals surface area contributed by atoms with Gasteiger partial charge in [-0.3, -0.25) is 9.59 Å². The van der Waals surface area contributed by atoms with Crippen molar-refractivity contribution in [3.63, 3.8) is 0 Å². The number of hydrogen-bond acceptors (Lipinski definition) is 5. The Morgan fingerprint density at radius 2 is 0.580 bits per heavy atom. The van der Waals surface area contributed by atoms with E-state index in [2.05, 4.69) is 31.3 Å². The Morgan fingerprint density at radius 3 is 0.877 bits per heavy atom. The highest BCUT2D eigenvalue weighted by Crippen LogP contribution is 2.20. The molecule has 0 aromatic rings. The molecule has 2 atom stereocenters. The molecule has 0 saturated carbocycles. The Morgan fingerprint density at radius 1 is 0.333 bits per heavy atom. The van der Waals surface area contributed by atoms with Gasteiger partial charge in [0.1, 0.15) is 0 Å². The van der Waals surface area contributed by atoms with Crippen LogP contribution in [0.15, 0.2) is 12.2 Å². The Kier molecular flexibility index (Phi) is 69.9. The summed E-state index contributed by atoms with van der Waals surface area (Å²) in [7, 11) is 0. The molecule has 0 heterocycles. The fourth-order valence-corrected chi connectivity index (χ4v) is 12.1. The van der Waals surface area contributed by atoms with Gasteiger partial charge in [0.2, 0.25) is 5.91 Å². The molecule has 3 N–H and O–H groups in total. The van der Waals surface area contributed by atoms with Gasteiger partial charge in [-0.25, -0.2) is 0 Å². The third kappa shape index (κ3) is 67.6. The molecular formula is C75H147NO5. The molecule has 0 saturated heterocycles.